The molecule has 5 N–H and O–H groups in total. The van der Waals surface area contributed by atoms with Crippen LogP contribution in [-0.4, -0.2) is 34.1 Å². The summed E-state index contributed by atoms with van der Waals surface area (Å²) in [6, 6.07) is 5.44. The van der Waals surface area contributed by atoms with Gasteiger partial charge in [-0.05, 0) is 41.7 Å². The average molecular weight is 420 g/mol. The lowest BCUT2D eigenvalue weighted by atomic mass is 10.0. The molecule has 0 aliphatic heterocycles. The summed E-state index contributed by atoms with van der Waals surface area (Å²) in [7, 11) is 0. The molecular formula is C21H26F2N4O3. The van der Waals surface area contributed by atoms with Gasteiger partial charge in [0.2, 0.25) is 11.8 Å². The molecule has 0 saturated carbocycles. The molecule has 0 unspecified atom stereocenters. The van der Waals surface area contributed by atoms with Gasteiger partial charge in [-0.15, -0.1) is 0 Å². The Morgan fingerprint density at radius 1 is 1.10 bits per heavy atom. The van der Waals surface area contributed by atoms with E-state index in [9.17, 15) is 23.5 Å². The van der Waals surface area contributed by atoms with E-state index in [2.05, 4.69) is 15.6 Å². The Labute approximate surface area is 173 Å². The number of carbonyl (C=O) groups is 2. The molecule has 0 fully saturated rings. The van der Waals surface area contributed by atoms with Crippen molar-refractivity contribution in [1.29, 1.82) is 0 Å². The second-order valence-corrected chi connectivity index (χ2v) is 7.47. The molecule has 2 rings (SSSR count). The van der Waals surface area contributed by atoms with Crippen molar-refractivity contribution in [3.8, 4) is 0 Å². The summed E-state index contributed by atoms with van der Waals surface area (Å²) in [5.41, 5.74) is 6.54. The van der Waals surface area contributed by atoms with Crippen molar-refractivity contribution in [3.05, 3.63) is 59.3 Å². The number of nitrogen functional groups attached to an aromatic ring is 1. The van der Waals surface area contributed by atoms with Gasteiger partial charge < -0.3 is 21.5 Å². The minimum absolute atomic E-state index is 0.0715. The average Bonchev–Trinajstić information content (AvgIpc) is 2.69. The second kappa shape index (κ2) is 10.6. The predicted molar refractivity (Wildman–Crippen MR) is 108 cm³/mol. The zero-order valence-corrected chi connectivity index (χ0v) is 16.9. The number of nitrogens with zero attached hydrogens (tertiary/aromatic N) is 1. The summed E-state index contributed by atoms with van der Waals surface area (Å²) < 4.78 is 26.7. The third-order valence-electron chi connectivity index (χ3n) is 4.37. The van der Waals surface area contributed by atoms with E-state index in [1.54, 1.807) is 12.1 Å². The zero-order chi connectivity index (χ0) is 22.3. The smallest absolute Gasteiger partial charge is 0.249 e. The molecule has 7 nitrogen and oxygen atoms in total. The van der Waals surface area contributed by atoms with Crippen LogP contribution in [0.2, 0.25) is 0 Å². The Morgan fingerprint density at radius 2 is 1.80 bits per heavy atom. The highest BCUT2D eigenvalue weighted by Crippen LogP contribution is 2.12. The van der Waals surface area contributed by atoms with Crippen molar-refractivity contribution in [3.63, 3.8) is 0 Å². The highest BCUT2D eigenvalue weighted by molar-refractivity contribution is 5.89. The number of carbonyl (C=O) groups excluding carboxylic acids is 2. The molecule has 1 aromatic carbocycles. The van der Waals surface area contributed by atoms with Crippen molar-refractivity contribution in [1.82, 2.24) is 15.6 Å². The van der Waals surface area contributed by atoms with Crippen molar-refractivity contribution >= 4 is 17.6 Å². The van der Waals surface area contributed by atoms with E-state index in [-0.39, 0.29) is 25.3 Å². The van der Waals surface area contributed by atoms with Crippen molar-refractivity contribution in [2.75, 3.05) is 5.73 Å². The van der Waals surface area contributed by atoms with Gasteiger partial charge in [0.05, 0.1) is 0 Å². The van der Waals surface area contributed by atoms with Crippen molar-refractivity contribution in [2.24, 2.45) is 5.92 Å². The van der Waals surface area contributed by atoms with Gasteiger partial charge in [0.15, 0.2) is 11.6 Å². The summed E-state index contributed by atoms with van der Waals surface area (Å²) in [5, 5.41) is 15.2. The van der Waals surface area contributed by atoms with Crippen molar-refractivity contribution in [2.45, 2.75) is 45.4 Å². The molecular weight excluding hydrogens is 394 g/mol. The zero-order valence-electron chi connectivity index (χ0n) is 16.9. The first kappa shape index (κ1) is 23.2. The topological polar surface area (TPSA) is 117 Å². The van der Waals surface area contributed by atoms with Gasteiger partial charge >= 0.3 is 0 Å². The third kappa shape index (κ3) is 7.07. The van der Waals surface area contributed by atoms with Crippen LogP contribution in [0.15, 0.2) is 36.5 Å². The van der Waals surface area contributed by atoms with Gasteiger partial charge in [-0.25, -0.2) is 13.8 Å². The number of anilines is 1. The number of halogens is 2. The number of amides is 2. The van der Waals surface area contributed by atoms with Gasteiger partial charge in [-0.3, -0.25) is 9.59 Å². The molecule has 0 spiro atoms. The number of hydrogen-bond acceptors (Lipinski definition) is 5. The van der Waals surface area contributed by atoms with E-state index in [4.69, 9.17) is 5.73 Å². The van der Waals surface area contributed by atoms with E-state index in [0.717, 1.165) is 12.1 Å². The fourth-order valence-electron chi connectivity index (χ4n) is 2.79. The summed E-state index contributed by atoms with van der Waals surface area (Å²) >= 11 is 0. The lowest BCUT2D eigenvalue weighted by Gasteiger charge is -2.21. The molecule has 30 heavy (non-hydrogen) atoms. The lowest BCUT2D eigenvalue weighted by Crippen LogP contribution is -2.50. The monoisotopic (exact) mass is 420 g/mol. The normalized spacial score (nSPS) is 13.0. The molecule has 0 aliphatic carbocycles. The fourth-order valence-corrected chi connectivity index (χ4v) is 2.79. The van der Waals surface area contributed by atoms with Gasteiger partial charge in [-0.1, -0.05) is 26.0 Å². The molecule has 2 atom stereocenters. The number of aliphatic hydroxyl groups is 1. The number of nitrogens with one attached hydrogen (secondary N) is 2. The van der Waals surface area contributed by atoms with E-state index in [1.165, 1.54) is 12.3 Å². The third-order valence-corrected chi connectivity index (χ3v) is 4.37. The molecule has 1 aromatic heterocycles. The first-order chi connectivity index (χ1) is 14.2. The van der Waals surface area contributed by atoms with Gasteiger partial charge in [0, 0.05) is 19.2 Å². The molecule has 162 valence electrons. The lowest BCUT2D eigenvalue weighted by molar-refractivity contribution is -0.134. The largest absolute Gasteiger partial charge is 0.384 e. The summed E-state index contributed by atoms with van der Waals surface area (Å²) in [6.45, 7) is 3.83. The maximum atomic E-state index is 13.5. The highest BCUT2D eigenvalue weighted by atomic mass is 19.2. The highest BCUT2D eigenvalue weighted by Gasteiger charge is 2.25. The maximum Gasteiger partial charge on any atom is 0.249 e. The Hall–Kier alpha value is -3.07. The fraction of sp³-hybridized carbons (Fsp3) is 0.381. The molecule has 0 saturated heterocycles. The van der Waals surface area contributed by atoms with Crippen LogP contribution in [-0.2, 0) is 22.6 Å². The number of benzene rings is 1. The minimum Gasteiger partial charge on any atom is -0.384 e. The van der Waals surface area contributed by atoms with Crippen molar-refractivity contribution < 1.29 is 23.5 Å². The molecule has 2 aromatic rings. The second-order valence-electron chi connectivity index (χ2n) is 7.47. The van der Waals surface area contributed by atoms with Crippen LogP contribution in [0.5, 0.6) is 0 Å². The SMILES string of the molecule is CC(C)C[C@@H](O)C(=O)N[C@@H](Cc1ccc(F)c(F)c1)C(=O)NCc1ccc(N)nc1. The number of nitrogens with two attached hydrogens (primary N) is 1. The van der Waals surface area contributed by atoms with Crippen LogP contribution in [0.25, 0.3) is 0 Å². The molecule has 0 aliphatic rings. The molecule has 9 heteroatoms. The molecule has 2 amide bonds. The van der Waals surface area contributed by atoms with Gasteiger partial charge in [0.25, 0.3) is 0 Å². The number of aliphatic hydroxyl groups excluding tert-OH is 1. The van der Waals surface area contributed by atoms with E-state index >= 15 is 0 Å². The number of rotatable bonds is 9. The van der Waals surface area contributed by atoms with Crippen LogP contribution < -0.4 is 16.4 Å². The first-order valence-electron chi connectivity index (χ1n) is 9.56. The predicted octanol–water partition coefficient (Wildman–Crippen LogP) is 1.69. The molecule has 0 radical (unpaired) electrons. The van der Waals surface area contributed by atoms with E-state index < -0.39 is 35.6 Å². The quantitative estimate of drug-likeness (QED) is 0.493. The summed E-state index contributed by atoms with van der Waals surface area (Å²) in [6.07, 6.45) is 0.364. The van der Waals surface area contributed by atoms with Crippen LogP contribution >= 0.6 is 0 Å². The first-order valence-corrected chi connectivity index (χ1v) is 9.56. The van der Waals surface area contributed by atoms with E-state index in [1.807, 2.05) is 13.8 Å². The van der Waals surface area contributed by atoms with Gasteiger partial charge in [-0.2, -0.15) is 0 Å². The Morgan fingerprint density at radius 3 is 2.40 bits per heavy atom. The maximum absolute atomic E-state index is 13.5. The standard InChI is InChI=1S/C21H26F2N4O3/c1-12(2)7-18(28)21(30)27-17(9-13-3-5-15(22)16(23)8-13)20(29)26-11-14-4-6-19(24)25-10-14/h3-6,8,10,12,17-18,28H,7,9,11H2,1-2H3,(H2,24,25)(H,26,29)(H,27,30)/t17-,18+/m0/s1. The Bertz CT molecular complexity index is 875. The van der Waals surface area contributed by atoms with Crippen LogP contribution in [0.3, 0.4) is 0 Å². The molecule has 1 heterocycles. The summed E-state index contributed by atoms with van der Waals surface area (Å²) in [4.78, 5) is 29.0. The van der Waals surface area contributed by atoms with Gasteiger partial charge in [0.1, 0.15) is 18.0 Å². The van der Waals surface area contributed by atoms with E-state index in [0.29, 0.717) is 16.9 Å². The number of pyridine rings is 1. The number of hydrogen-bond donors (Lipinski definition) is 4. The Kier molecular flexibility index (Phi) is 8.23. The number of aromatic nitrogens is 1. The van der Waals surface area contributed by atoms with Crippen LogP contribution in [0, 0.1) is 17.6 Å². The van der Waals surface area contributed by atoms with Crippen LogP contribution in [0.4, 0.5) is 14.6 Å². The summed E-state index contributed by atoms with van der Waals surface area (Å²) in [5.74, 6) is -2.89. The Balaban J connectivity index is 2.11. The minimum atomic E-state index is -1.29. The van der Waals surface area contributed by atoms with Crippen LogP contribution in [0.1, 0.15) is 31.4 Å². The molecule has 0 bridgehead atoms.